The quantitative estimate of drug-likeness (QED) is 0.595. The van der Waals surface area contributed by atoms with Gasteiger partial charge in [-0.25, -0.2) is 4.79 Å². The molecule has 1 fully saturated rings. The van der Waals surface area contributed by atoms with Gasteiger partial charge in [0.25, 0.3) is 0 Å². The van der Waals surface area contributed by atoms with Gasteiger partial charge in [0.15, 0.2) is 5.60 Å². The van der Waals surface area contributed by atoms with E-state index in [2.05, 4.69) is 0 Å². The second-order valence-electron chi connectivity index (χ2n) is 5.08. The van der Waals surface area contributed by atoms with E-state index in [9.17, 15) is 9.90 Å². The monoisotopic (exact) mass is 242 g/mol. The van der Waals surface area contributed by atoms with Crippen molar-refractivity contribution >= 4 is 5.97 Å². The Balaban J connectivity index is 2.76. The van der Waals surface area contributed by atoms with Crippen molar-refractivity contribution in [2.24, 2.45) is 5.92 Å². The highest BCUT2D eigenvalue weighted by molar-refractivity contribution is 5.79. The number of aliphatic hydroxyl groups is 1. The first kappa shape index (κ1) is 14.5. The molecule has 0 amide bonds. The third-order valence-electron chi connectivity index (χ3n) is 3.79. The molecule has 0 radical (unpaired) electrons. The molecule has 1 aliphatic rings. The predicted octanol–water partition coefficient (Wildman–Crippen LogP) is 3.05. The smallest absolute Gasteiger partial charge is 0.338 e. The van der Waals surface area contributed by atoms with E-state index in [1.807, 2.05) is 6.92 Å². The highest BCUT2D eigenvalue weighted by atomic mass is 16.5. The molecule has 100 valence electrons. The topological polar surface area (TPSA) is 46.5 Å². The molecule has 1 N–H and O–H groups in total. The second kappa shape index (κ2) is 7.00. The lowest BCUT2D eigenvalue weighted by Gasteiger charge is -2.33. The van der Waals surface area contributed by atoms with Crippen molar-refractivity contribution in [1.29, 1.82) is 0 Å². The maximum Gasteiger partial charge on any atom is 0.338 e. The summed E-state index contributed by atoms with van der Waals surface area (Å²) in [5, 5.41) is 10.7. The Morgan fingerprint density at radius 3 is 2.29 bits per heavy atom. The first-order chi connectivity index (χ1) is 8.15. The molecule has 0 aromatic carbocycles. The molecule has 1 saturated carbocycles. The summed E-state index contributed by atoms with van der Waals surface area (Å²) in [5.41, 5.74) is -1.24. The zero-order valence-electron chi connectivity index (χ0n) is 11.2. The summed E-state index contributed by atoms with van der Waals surface area (Å²) < 4.78 is 5.06. The molecule has 3 nitrogen and oxygen atoms in total. The fourth-order valence-corrected chi connectivity index (χ4v) is 2.87. The van der Waals surface area contributed by atoms with Gasteiger partial charge in [-0.2, -0.15) is 0 Å². The van der Waals surface area contributed by atoms with Crippen LogP contribution < -0.4 is 0 Å². The molecule has 1 unspecified atom stereocenters. The lowest BCUT2D eigenvalue weighted by atomic mass is 9.79. The molecule has 0 bridgehead atoms. The first-order valence-electron chi connectivity index (χ1n) is 7.04. The van der Waals surface area contributed by atoms with Gasteiger partial charge >= 0.3 is 5.97 Å². The van der Waals surface area contributed by atoms with E-state index in [-0.39, 0.29) is 5.92 Å². The minimum absolute atomic E-state index is 0.0870. The minimum atomic E-state index is -1.24. The number of carbonyl (C=O) groups excluding carboxylic acids is 1. The molecule has 3 heteroatoms. The average Bonchev–Trinajstić information content (AvgIpc) is 2.58. The molecule has 0 aromatic heterocycles. The van der Waals surface area contributed by atoms with Gasteiger partial charge in [0.05, 0.1) is 6.61 Å². The van der Waals surface area contributed by atoms with Crippen LogP contribution in [0.5, 0.6) is 0 Å². The maximum atomic E-state index is 12.0. The first-order valence-corrected chi connectivity index (χ1v) is 7.04. The number of hydrogen-bond donors (Lipinski definition) is 1. The van der Waals surface area contributed by atoms with Gasteiger partial charge in [0, 0.05) is 0 Å². The van der Waals surface area contributed by atoms with Crippen LogP contribution in [0.15, 0.2) is 0 Å². The fraction of sp³-hybridized carbons (Fsp3) is 0.929. The van der Waals surface area contributed by atoms with Crippen molar-refractivity contribution in [2.75, 3.05) is 6.61 Å². The second-order valence-corrected chi connectivity index (χ2v) is 5.08. The van der Waals surface area contributed by atoms with Crippen LogP contribution >= 0.6 is 0 Å². The summed E-state index contributed by atoms with van der Waals surface area (Å²) in [7, 11) is 0. The summed E-state index contributed by atoms with van der Waals surface area (Å²) >= 11 is 0. The Morgan fingerprint density at radius 1 is 1.24 bits per heavy atom. The van der Waals surface area contributed by atoms with Crippen molar-refractivity contribution in [3.63, 3.8) is 0 Å². The van der Waals surface area contributed by atoms with Crippen molar-refractivity contribution in [3.05, 3.63) is 0 Å². The van der Waals surface area contributed by atoms with Crippen LogP contribution in [0.1, 0.15) is 65.2 Å². The van der Waals surface area contributed by atoms with Crippen LogP contribution in [0.2, 0.25) is 0 Å². The van der Waals surface area contributed by atoms with Crippen LogP contribution in [0.4, 0.5) is 0 Å². The average molecular weight is 242 g/mol. The van der Waals surface area contributed by atoms with Crippen molar-refractivity contribution in [3.8, 4) is 0 Å². The molecule has 0 aliphatic heterocycles. The fourth-order valence-electron chi connectivity index (χ4n) is 2.87. The largest absolute Gasteiger partial charge is 0.464 e. The number of esters is 1. The van der Waals surface area contributed by atoms with Gasteiger partial charge in [-0.3, -0.25) is 0 Å². The van der Waals surface area contributed by atoms with Crippen molar-refractivity contribution < 1.29 is 14.6 Å². The molecule has 0 heterocycles. The van der Waals surface area contributed by atoms with E-state index in [0.29, 0.717) is 13.0 Å². The number of rotatable bonds is 5. The van der Waals surface area contributed by atoms with E-state index < -0.39 is 11.6 Å². The summed E-state index contributed by atoms with van der Waals surface area (Å²) in [6, 6.07) is 0. The maximum absolute atomic E-state index is 12.0. The summed E-state index contributed by atoms with van der Waals surface area (Å²) in [6.45, 7) is 4.13. The Labute approximate surface area is 105 Å². The lowest BCUT2D eigenvalue weighted by molar-refractivity contribution is -0.173. The van der Waals surface area contributed by atoms with Gasteiger partial charge in [0.1, 0.15) is 0 Å². The molecule has 0 aromatic rings. The standard InChI is InChI=1S/C14H26O3/c1-3-11-14(16,13(15)17-4-2)12-9-7-5-6-8-10-12/h12,16H,3-11H2,1-2H3. The van der Waals surface area contributed by atoms with Gasteiger partial charge in [-0.15, -0.1) is 0 Å². The van der Waals surface area contributed by atoms with Gasteiger partial charge in [-0.1, -0.05) is 39.0 Å². The summed E-state index contributed by atoms with van der Waals surface area (Å²) in [4.78, 5) is 12.0. The molecule has 0 spiro atoms. The van der Waals surface area contributed by atoms with Crippen molar-refractivity contribution in [2.45, 2.75) is 70.8 Å². The zero-order valence-corrected chi connectivity index (χ0v) is 11.2. The van der Waals surface area contributed by atoms with Crippen LogP contribution in [-0.4, -0.2) is 23.3 Å². The van der Waals surface area contributed by atoms with Gasteiger partial charge in [-0.05, 0) is 32.1 Å². The molecule has 1 rings (SSSR count). The normalized spacial score (nSPS) is 21.6. The Hall–Kier alpha value is -0.570. The predicted molar refractivity (Wildman–Crippen MR) is 67.7 cm³/mol. The molecule has 17 heavy (non-hydrogen) atoms. The molecule has 1 atom stereocenters. The van der Waals surface area contributed by atoms with Crippen molar-refractivity contribution in [1.82, 2.24) is 0 Å². The van der Waals surface area contributed by atoms with E-state index in [1.165, 1.54) is 12.8 Å². The number of hydrogen-bond acceptors (Lipinski definition) is 3. The summed E-state index contributed by atoms with van der Waals surface area (Å²) in [6.07, 6.45) is 7.93. The SMILES string of the molecule is CCCC(O)(C(=O)OCC)C1CCCCCC1. The van der Waals surface area contributed by atoms with E-state index in [4.69, 9.17) is 4.74 Å². The van der Waals surface area contributed by atoms with Gasteiger partial charge in [0.2, 0.25) is 0 Å². The van der Waals surface area contributed by atoms with E-state index in [0.717, 1.165) is 32.1 Å². The third-order valence-corrected chi connectivity index (χ3v) is 3.79. The molecule has 1 aliphatic carbocycles. The highest BCUT2D eigenvalue weighted by Crippen LogP contribution is 2.35. The molecular weight excluding hydrogens is 216 g/mol. The third kappa shape index (κ3) is 3.70. The van der Waals surface area contributed by atoms with E-state index in [1.54, 1.807) is 6.92 Å². The van der Waals surface area contributed by atoms with Crippen LogP contribution in [0.25, 0.3) is 0 Å². The minimum Gasteiger partial charge on any atom is -0.464 e. The summed E-state index contributed by atoms with van der Waals surface area (Å²) in [5.74, 6) is -0.322. The molecule has 0 saturated heterocycles. The van der Waals surface area contributed by atoms with Crippen LogP contribution in [0, 0.1) is 5.92 Å². The Kier molecular flexibility index (Phi) is 5.96. The number of ether oxygens (including phenoxy) is 1. The van der Waals surface area contributed by atoms with Crippen LogP contribution in [-0.2, 0) is 9.53 Å². The van der Waals surface area contributed by atoms with E-state index >= 15 is 0 Å². The highest BCUT2D eigenvalue weighted by Gasteiger charge is 2.43. The molecular formula is C14H26O3. The van der Waals surface area contributed by atoms with Crippen LogP contribution in [0.3, 0.4) is 0 Å². The zero-order chi connectivity index (χ0) is 12.7. The lowest BCUT2D eigenvalue weighted by Crippen LogP contribution is -2.47. The van der Waals surface area contributed by atoms with Gasteiger partial charge < -0.3 is 9.84 Å². The number of carbonyl (C=O) groups is 1. The Bertz CT molecular complexity index is 232. The Morgan fingerprint density at radius 2 is 1.82 bits per heavy atom.